The number of H-pyrrole nitrogens is 1. The molecule has 19 heavy (non-hydrogen) atoms. The van der Waals surface area contributed by atoms with E-state index in [-0.39, 0.29) is 22.8 Å². The third kappa shape index (κ3) is 3.05. The molecule has 0 aliphatic heterocycles. The first-order valence-corrected chi connectivity index (χ1v) is 5.52. The second kappa shape index (κ2) is 5.44. The first-order chi connectivity index (χ1) is 9.08. The van der Waals surface area contributed by atoms with Crippen molar-refractivity contribution in [2.45, 2.75) is 6.54 Å². The molecule has 8 nitrogen and oxygen atoms in total. The standard InChI is InChI=1S/C10H8ClN5O3/c11-7-3-6(1-2-8(7)16(18)19)10(17)12-4-9-13-5-14-15-9/h1-3,5H,4H2,(H,12,17)(H,13,14,15). The van der Waals surface area contributed by atoms with E-state index in [1.165, 1.54) is 24.5 Å². The number of hydrogen-bond acceptors (Lipinski definition) is 5. The molecule has 0 aliphatic carbocycles. The highest BCUT2D eigenvalue weighted by molar-refractivity contribution is 6.33. The number of rotatable bonds is 4. The first-order valence-electron chi connectivity index (χ1n) is 5.14. The molecule has 0 saturated heterocycles. The predicted octanol–water partition coefficient (Wildman–Crippen LogP) is 1.30. The van der Waals surface area contributed by atoms with Gasteiger partial charge in [-0.1, -0.05) is 11.6 Å². The normalized spacial score (nSPS) is 10.2. The van der Waals surface area contributed by atoms with Gasteiger partial charge in [0, 0.05) is 11.6 Å². The summed E-state index contributed by atoms with van der Waals surface area (Å²) in [6, 6.07) is 3.76. The second-order valence-corrected chi connectivity index (χ2v) is 3.95. The summed E-state index contributed by atoms with van der Waals surface area (Å²) < 4.78 is 0. The summed E-state index contributed by atoms with van der Waals surface area (Å²) in [6.07, 6.45) is 1.32. The van der Waals surface area contributed by atoms with Crippen LogP contribution in [0, 0.1) is 10.1 Å². The van der Waals surface area contributed by atoms with Gasteiger partial charge in [0.2, 0.25) is 0 Å². The molecule has 0 bridgehead atoms. The van der Waals surface area contributed by atoms with E-state index >= 15 is 0 Å². The topological polar surface area (TPSA) is 114 Å². The zero-order chi connectivity index (χ0) is 13.8. The van der Waals surface area contributed by atoms with Gasteiger partial charge in [0.15, 0.2) is 0 Å². The fraction of sp³-hybridized carbons (Fsp3) is 0.100. The molecule has 98 valence electrons. The summed E-state index contributed by atoms with van der Waals surface area (Å²) >= 11 is 5.72. The Bertz CT molecular complexity index is 614. The van der Waals surface area contributed by atoms with E-state index in [0.29, 0.717) is 5.82 Å². The Morgan fingerprint density at radius 2 is 2.32 bits per heavy atom. The average molecular weight is 282 g/mol. The molecule has 1 aromatic heterocycles. The Hall–Kier alpha value is -2.48. The number of nitrogens with one attached hydrogen (secondary N) is 2. The van der Waals surface area contributed by atoms with E-state index in [0.717, 1.165) is 0 Å². The number of hydrogen-bond donors (Lipinski definition) is 2. The summed E-state index contributed by atoms with van der Waals surface area (Å²) in [5.74, 6) is 0.0922. The van der Waals surface area contributed by atoms with Crippen LogP contribution in [0.3, 0.4) is 0 Å². The van der Waals surface area contributed by atoms with E-state index in [1.807, 2.05) is 0 Å². The molecule has 0 radical (unpaired) electrons. The molecule has 2 rings (SSSR count). The van der Waals surface area contributed by atoms with Gasteiger partial charge in [-0.05, 0) is 12.1 Å². The van der Waals surface area contributed by atoms with Gasteiger partial charge >= 0.3 is 0 Å². The van der Waals surface area contributed by atoms with Crippen LogP contribution in [0.5, 0.6) is 0 Å². The van der Waals surface area contributed by atoms with Crippen molar-refractivity contribution < 1.29 is 9.72 Å². The number of halogens is 1. The highest BCUT2D eigenvalue weighted by Gasteiger charge is 2.15. The van der Waals surface area contributed by atoms with Crippen molar-refractivity contribution in [3.63, 3.8) is 0 Å². The number of benzene rings is 1. The number of amides is 1. The molecular formula is C10H8ClN5O3. The molecule has 0 spiro atoms. The number of aromatic amines is 1. The van der Waals surface area contributed by atoms with Crippen molar-refractivity contribution in [1.82, 2.24) is 20.5 Å². The first kappa shape index (κ1) is 13.0. The highest BCUT2D eigenvalue weighted by atomic mass is 35.5. The summed E-state index contributed by atoms with van der Waals surface area (Å²) in [5, 5.41) is 19.3. The van der Waals surface area contributed by atoms with Crippen molar-refractivity contribution in [2.24, 2.45) is 0 Å². The van der Waals surface area contributed by atoms with Gasteiger partial charge in [0.05, 0.1) is 11.5 Å². The quantitative estimate of drug-likeness (QED) is 0.647. The summed E-state index contributed by atoms with van der Waals surface area (Å²) in [6.45, 7) is 0.174. The maximum absolute atomic E-state index is 11.8. The zero-order valence-corrected chi connectivity index (χ0v) is 10.2. The lowest BCUT2D eigenvalue weighted by atomic mass is 10.2. The van der Waals surface area contributed by atoms with Crippen molar-refractivity contribution in [2.75, 3.05) is 0 Å². The Kier molecular flexibility index (Phi) is 3.71. The van der Waals surface area contributed by atoms with Gasteiger partial charge in [-0.2, -0.15) is 5.10 Å². The minimum atomic E-state index is -0.613. The molecule has 1 heterocycles. The van der Waals surface area contributed by atoms with Crippen LogP contribution in [0.15, 0.2) is 24.5 Å². The van der Waals surface area contributed by atoms with Crippen LogP contribution in [-0.4, -0.2) is 26.0 Å². The largest absolute Gasteiger partial charge is 0.345 e. The molecular weight excluding hydrogens is 274 g/mol. The predicted molar refractivity (Wildman–Crippen MR) is 65.7 cm³/mol. The van der Waals surface area contributed by atoms with Gasteiger partial charge in [-0.25, -0.2) is 4.98 Å². The molecule has 1 aromatic carbocycles. The lowest BCUT2D eigenvalue weighted by molar-refractivity contribution is -0.384. The number of nitro benzene ring substituents is 1. The Morgan fingerprint density at radius 1 is 1.53 bits per heavy atom. The minimum Gasteiger partial charge on any atom is -0.345 e. The van der Waals surface area contributed by atoms with Crippen LogP contribution in [0.25, 0.3) is 0 Å². The third-order valence-electron chi connectivity index (χ3n) is 2.29. The monoisotopic (exact) mass is 281 g/mol. The highest BCUT2D eigenvalue weighted by Crippen LogP contribution is 2.24. The SMILES string of the molecule is O=C(NCc1ncn[nH]1)c1ccc([N+](=O)[O-])c(Cl)c1. The average Bonchev–Trinajstić information content (AvgIpc) is 2.88. The Balaban J connectivity index is 2.07. The van der Waals surface area contributed by atoms with Crippen molar-refractivity contribution in [1.29, 1.82) is 0 Å². The van der Waals surface area contributed by atoms with Gasteiger partial charge < -0.3 is 5.32 Å². The molecule has 0 fully saturated rings. The van der Waals surface area contributed by atoms with Gasteiger partial charge in [-0.15, -0.1) is 0 Å². The molecule has 9 heteroatoms. The third-order valence-corrected chi connectivity index (χ3v) is 2.59. The van der Waals surface area contributed by atoms with Crippen LogP contribution in [-0.2, 0) is 6.54 Å². The molecule has 0 saturated carbocycles. The van der Waals surface area contributed by atoms with Crippen LogP contribution in [0.4, 0.5) is 5.69 Å². The van der Waals surface area contributed by atoms with E-state index < -0.39 is 10.8 Å². The summed E-state index contributed by atoms with van der Waals surface area (Å²) in [5.41, 5.74) is -0.0106. The maximum atomic E-state index is 11.8. The molecule has 0 unspecified atom stereocenters. The zero-order valence-electron chi connectivity index (χ0n) is 9.46. The minimum absolute atomic E-state index is 0.0858. The fourth-order valence-electron chi connectivity index (χ4n) is 1.38. The van der Waals surface area contributed by atoms with Crippen LogP contribution < -0.4 is 5.32 Å². The van der Waals surface area contributed by atoms with Crippen molar-refractivity contribution >= 4 is 23.2 Å². The van der Waals surface area contributed by atoms with Gasteiger partial charge in [0.25, 0.3) is 11.6 Å². The molecule has 2 N–H and O–H groups in total. The van der Waals surface area contributed by atoms with Gasteiger partial charge in [0.1, 0.15) is 17.2 Å². The summed E-state index contributed by atoms with van der Waals surface area (Å²) in [7, 11) is 0. The van der Waals surface area contributed by atoms with E-state index in [2.05, 4.69) is 20.5 Å². The van der Waals surface area contributed by atoms with Crippen LogP contribution in [0.2, 0.25) is 5.02 Å². The second-order valence-electron chi connectivity index (χ2n) is 3.54. The number of nitrogens with zero attached hydrogens (tertiary/aromatic N) is 3. The van der Waals surface area contributed by atoms with E-state index in [1.54, 1.807) is 0 Å². The lowest BCUT2D eigenvalue weighted by Crippen LogP contribution is -2.23. The molecule has 0 aliphatic rings. The maximum Gasteiger partial charge on any atom is 0.287 e. The Labute approximate surface area is 112 Å². The van der Waals surface area contributed by atoms with Crippen molar-refractivity contribution in [3.8, 4) is 0 Å². The summed E-state index contributed by atoms with van der Waals surface area (Å²) in [4.78, 5) is 25.6. The lowest BCUT2D eigenvalue weighted by Gasteiger charge is -2.03. The number of carbonyl (C=O) groups excluding carboxylic acids is 1. The number of aromatic nitrogens is 3. The molecule has 1 amide bonds. The molecule has 0 atom stereocenters. The van der Waals surface area contributed by atoms with Gasteiger partial charge in [-0.3, -0.25) is 20.0 Å². The van der Waals surface area contributed by atoms with E-state index in [4.69, 9.17) is 11.6 Å². The molecule has 2 aromatic rings. The van der Waals surface area contributed by atoms with Crippen LogP contribution >= 0.6 is 11.6 Å². The van der Waals surface area contributed by atoms with Crippen molar-refractivity contribution in [3.05, 3.63) is 51.1 Å². The number of nitro groups is 1. The fourth-order valence-corrected chi connectivity index (χ4v) is 1.63. The van der Waals surface area contributed by atoms with Crippen LogP contribution in [0.1, 0.15) is 16.2 Å². The number of carbonyl (C=O) groups is 1. The smallest absolute Gasteiger partial charge is 0.287 e. The van der Waals surface area contributed by atoms with E-state index in [9.17, 15) is 14.9 Å². The Morgan fingerprint density at radius 3 is 2.89 bits per heavy atom.